The molecule has 0 saturated carbocycles. The van der Waals surface area contributed by atoms with Gasteiger partial charge in [-0.3, -0.25) is 4.79 Å². The molecule has 0 spiro atoms. The highest BCUT2D eigenvalue weighted by Gasteiger charge is 2.32. The maximum absolute atomic E-state index is 13.0. The fraction of sp³-hybridized carbons (Fsp3) is 0.450. The molecular formula is C20H25N3O6S3. The summed E-state index contributed by atoms with van der Waals surface area (Å²) >= 11 is 0.978. The first-order valence-electron chi connectivity index (χ1n) is 10.4. The molecule has 2 aliphatic rings. The van der Waals surface area contributed by atoms with Crippen LogP contribution in [0, 0.1) is 0 Å². The van der Waals surface area contributed by atoms with E-state index < -0.39 is 26.0 Å². The number of nitrogens with one attached hydrogen (secondary N) is 1. The summed E-state index contributed by atoms with van der Waals surface area (Å²) in [5.74, 6) is -1.03. The molecule has 0 aliphatic carbocycles. The van der Waals surface area contributed by atoms with Gasteiger partial charge in [0.05, 0.1) is 10.6 Å². The molecule has 0 radical (unpaired) electrons. The van der Waals surface area contributed by atoms with Crippen molar-refractivity contribution in [1.82, 2.24) is 8.61 Å². The molecule has 9 nitrogen and oxygen atoms in total. The number of nitrogens with zero attached hydrogens (tertiary/aromatic N) is 2. The summed E-state index contributed by atoms with van der Waals surface area (Å²) in [4.78, 5) is 12.8. The van der Waals surface area contributed by atoms with Gasteiger partial charge in [-0.1, -0.05) is 6.42 Å². The molecule has 0 unspecified atom stereocenters. The molecule has 2 saturated heterocycles. The molecule has 4 rings (SSSR count). The summed E-state index contributed by atoms with van der Waals surface area (Å²) in [5.41, 5.74) is -0.0926. The zero-order chi connectivity index (χ0) is 22.9. The van der Waals surface area contributed by atoms with E-state index in [1.54, 1.807) is 0 Å². The summed E-state index contributed by atoms with van der Waals surface area (Å²) in [6, 6.07) is 5.10. The van der Waals surface area contributed by atoms with Gasteiger partial charge in [-0.05, 0) is 55.3 Å². The Labute approximate surface area is 191 Å². The predicted molar refractivity (Wildman–Crippen MR) is 121 cm³/mol. The van der Waals surface area contributed by atoms with Crippen molar-refractivity contribution in [3.63, 3.8) is 0 Å². The quantitative estimate of drug-likeness (QED) is 0.589. The lowest BCUT2D eigenvalue weighted by atomic mass is 10.2. The lowest BCUT2D eigenvalue weighted by Gasteiger charge is -2.25. The van der Waals surface area contributed by atoms with Crippen LogP contribution < -0.4 is 5.32 Å². The van der Waals surface area contributed by atoms with Gasteiger partial charge in [-0.25, -0.2) is 16.8 Å². The van der Waals surface area contributed by atoms with Crippen LogP contribution in [0.25, 0.3) is 0 Å². The van der Waals surface area contributed by atoms with E-state index in [2.05, 4.69) is 5.32 Å². The second-order valence-corrected chi connectivity index (χ2v) is 12.6. The molecule has 2 N–H and O–H groups in total. The van der Waals surface area contributed by atoms with Crippen LogP contribution in [0.5, 0.6) is 5.75 Å². The monoisotopic (exact) mass is 499 g/mol. The van der Waals surface area contributed by atoms with Crippen LogP contribution in [-0.4, -0.2) is 62.6 Å². The lowest BCUT2D eigenvalue weighted by Crippen LogP contribution is -2.36. The second-order valence-electron chi connectivity index (χ2n) is 7.82. The summed E-state index contributed by atoms with van der Waals surface area (Å²) in [5, 5.41) is 14.2. The first-order chi connectivity index (χ1) is 15.2. The van der Waals surface area contributed by atoms with Gasteiger partial charge in [0.1, 0.15) is 15.5 Å². The smallest absolute Gasteiger partial charge is 0.267 e. The number of anilines is 1. The van der Waals surface area contributed by atoms with E-state index in [0.717, 1.165) is 43.4 Å². The third kappa shape index (κ3) is 4.42. The Morgan fingerprint density at radius 2 is 1.47 bits per heavy atom. The average Bonchev–Trinajstić information content (AvgIpc) is 3.48. The van der Waals surface area contributed by atoms with Crippen molar-refractivity contribution in [2.75, 3.05) is 31.5 Å². The van der Waals surface area contributed by atoms with E-state index in [1.165, 1.54) is 38.3 Å². The van der Waals surface area contributed by atoms with E-state index in [-0.39, 0.29) is 26.1 Å². The first-order valence-corrected chi connectivity index (χ1v) is 14.2. The second kappa shape index (κ2) is 9.10. The van der Waals surface area contributed by atoms with Crippen molar-refractivity contribution in [3.8, 4) is 5.75 Å². The predicted octanol–water partition coefficient (Wildman–Crippen LogP) is 2.67. The number of hydrogen-bond acceptors (Lipinski definition) is 7. The number of carbonyl (C=O) groups excluding carboxylic acids is 1. The number of thiophene rings is 1. The van der Waals surface area contributed by atoms with Crippen LogP contribution in [0.15, 0.2) is 39.4 Å². The number of sulfonamides is 2. The van der Waals surface area contributed by atoms with Crippen LogP contribution in [0.4, 0.5) is 5.69 Å². The molecule has 2 aliphatic heterocycles. The van der Waals surface area contributed by atoms with Crippen molar-refractivity contribution in [1.29, 1.82) is 0 Å². The van der Waals surface area contributed by atoms with E-state index in [9.17, 15) is 26.7 Å². The number of benzene rings is 1. The number of phenolic OH excluding ortho intramolecular Hbond substituents is 1. The number of aromatic hydroxyl groups is 1. The fourth-order valence-corrected chi connectivity index (χ4v) is 8.30. The summed E-state index contributed by atoms with van der Waals surface area (Å²) in [6.45, 7) is 1.68. The Bertz CT molecular complexity index is 1210. The van der Waals surface area contributed by atoms with Gasteiger partial charge >= 0.3 is 0 Å². The Balaban J connectivity index is 1.60. The molecule has 0 bridgehead atoms. The number of amides is 1. The summed E-state index contributed by atoms with van der Waals surface area (Å²) < 4.78 is 54.5. The van der Waals surface area contributed by atoms with Gasteiger partial charge in [0.15, 0.2) is 0 Å². The minimum atomic E-state index is -3.82. The summed E-state index contributed by atoms with van der Waals surface area (Å²) in [7, 11) is -7.56. The third-order valence-corrected chi connectivity index (χ3v) is 10.6. The van der Waals surface area contributed by atoms with E-state index in [1.807, 2.05) is 0 Å². The lowest BCUT2D eigenvalue weighted by molar-refractivity contribution is 0.102. The minimum absolute atomic E-state index is 0.0113. The highest BCUT2D eigenvalue weighted by Crippen LogP contribution is 2.32. The number of piperidine rings is 1. The molecule has 12 heteroatoms. The highest BCUT2D eigenvalue weighted by atomic mass is 32.2. The molecule has 1 aromatic heterocycles. The van der Waals surface area contributed by atoms with E-state index >= 15 is 0 Å². The number of phenols is 1. The molecule has 2 aromatic rings. The Hall–Kier alpha value is -1.99. The van der Waals surface area contributed by atoms with Crippen LogP contribution >= 0.6 is 11.3 Å². The Morgan fingerprint density at radius 1 is 0.875 bits per heavy atom. The van der Waals surface area contributed by atoms with Crippen molar-refractivity contribution in [2.45, 2.75) is 41.9 Å². The van der Waals surface area contributed by atoms with Gasteiger partial charge in [0.2, 0.25) is 20.0 Å². The normalized spacial score (nSPS) is 18.6. The van der Waals surface area contributed by atoms with Crippen LogP contribution in [0.3, 0.4) is 0 Å². The van der Waals surface area contributed by atoms with Gasteiger partial charge in [-0.2, -0.15) is 8.61 Å². The zero-order valence-corrected chi connectivity index (χ0v) is 19.8. The van der Waals surface area contributed by atoms with Gasteiger partial charge < -0.3 is 10.4 Å². The zero-order valence-electron chi connectivity index (χ0n) is 17.4. The fourth-order valence-electron chi connectivity index (χ4n) is 3.94. The molecule has 174 valence electrons. The Morgan fingerprint density at radius 3 is 2.12 bits per heavy atom. The number of carbonyl (C=O) groups is 1. The highest BCUT2D eigenvalue weighted by molar-refractivity contribution is 7.89. The molecule has 2 fully saturated rings. The SMILES string of the molecule is O=C(Nc1cc(S(=O)(=O)N2CCCC2)ccc1O)c1sccc1S(=O)(=O)N1CCCCC1. The standard InChI is InChI=1S/C20H25N3O6S3/c24-17-7-6-15(31(26,27)22-11-4-5-12-22)14-16(17)21-20(25)19-18(8-13-30-19)32(28,29)23-9-2-1-3-10-23/h6-8,13-14,24H,1-5,9-12H2,(H,21,25). The third-order valence-electron chi connectivity index (χ3n) is 5.69. The summed E-state index contributed by atoms with van der Waals surface area (Å²) in [6.07, 6.45) is 4.09. The Kier molecular flexibility index (Phi) is 6.59. The van der Waals surface area contributed by atoms with Crippen molar-refractivity contribution < 1.29 is 26.7 Å². The van der Waals surface area contributed by atoms with Crippen LogP contribution in [0.2, 0.25) is 0 Å². The average molecular weight is 500 g/mol. The number of hydrogen-bond donors (Lipinski definition) is 2. The molecule has 32 heavy (non-hydrogen) atoms. The van der Waals surface area contributed by atoms with E-state index in [0.29, 0.717) is 26.2 Å². The minimum Gasteiger partial charge on any atom is -0.506 e. The molecule has 1 aromatic carbocycles. The number of rotatable bonds is 6. The van der Waals surface area contributed by atoms with Crippen LogP contribution in [-0.2, 0) is 20.0 Å². The molecule has 3 heterocycles. The van der Waals surface area contributed by atoms with Crippen molar-refractivity contribution in [2.24, 2.45) is 0 Å². The topological polar surface area (TPSA) is 124 Å². The van der Waals surface area contributed by atoms with Crippen LogP contribution in [0.1, 0.15) is 41.8 Å². The van der Waals surface area contributed by atoms with Crippen molar-refractivity contribution in [3.05, 3.63) is 34.5 Å². The first kappa shape index (κ1) is 23.2. The molecule has 0 atom stereocenters. The molecule has 1 amide bonds. The van der Waals surface area contributed by atoms with Gasteiger partial charge in [0.25, 0.3) is 5.91 Å². The van der Waals surface area contributed by atoms with E-state index in [4.69, 9.17) is 0 Å². The largest absolute Gasteiger partial charge is 0.506 e. The van der Waals surface area contributed by atoms with Gasteiger partial charge in [0, 0.05) is 26.2 Å². The maximum atomic E-state index is 13.0. The van der Waals surface area contributed by atoms with Gasteiger partial charge in [-0.15, -0.1) is 11.3 Å². The van der Waals surface area contributed by atoms with Crippen molar-refractivity contribution >= 4 is 43.0 Å². The molecular weight excluding hydrogens is 474 g/mol. The maximum Gasteiger partial charge on any atom is 0.267 e.